The number of carboxylic acid groups (broad SMARTS) is 1. The van der Waals surface area contributed by atoms with Gasteiger partial charge < -0.3 is 19.3 Å². The van der Waals surface area contributed by atoms with Crippen LogP contribution in [0.3, 0.4) is 0 Å². The van der Waals surface area contributed by atoms with Crippen molar-refractivity contribution < 1.29 is 24.1 Å². The molecule has 1 aromatic rings. The van der Waals surface area contributed by atoms with Crippen molar-refractivity contribution in [2.75, 3.05) is 33.0 Å². The molecule has 0 bridgehead atoms. The fraction of sp³-hybridized carbons (Fsp3) is 0.588. The van der Waals surface area contributed by atoms with Crippen LogP contribution >= 0.6 is 0 Å². The Morgan fingerprint density at radius 1 is 1.23 bits per heavy atom. The fourth-order valence-electron chi connectivity index (χ4n) is 2.26. The van der Waals surface area contributed by atoms with Crippen molar-refractivity contribution in [2.24, 2.45) is 5.41 Å². The number of rotatable bonds is 10. The molecule has 1 aliphatic rings. The van der Waals surface area contributed by atoms with Gasteiger partial charge in [0.15, 0.2) is 0 Å². The molecule has 0 aliphatic carbocycles. The second kappa shape index (κ2) is 8.15. The number of hydrogen-bond donors (Lipinski definition) is 1. The molecular weight excluding hydrogens is 284 g/mol. The van der Waals surface area contributed by atoms with Crippen molar-refractivity contribution in [1.82, 2.24) is 0 Å². The van der Waals surface area contributed by atoms with Crippen molar-refractivity contribution in [3.8, 4) is 5.75 Å². The van der Waals surface area contributed by atoms with Gasteiger partial charge in [-0.05, 0) is 43.5 Å². The summed E-state index contributed by atoms with van der Waals surface area (Å²) in [5, 5.41) is 8.81. The lowest BCUT2D eigenvalue weighted by atomic mass is 9.84. The van der Waals surface area contributed by atoms with Crippen molar-refractivity contribution in [1.29, 1.82) is 0 Å². The van der Waals surface area contributed by atoms with E-state index in [1.54, 1.807) is 24.3 Å². The van der Waals surface area contributed by atoms with E-state index in [4.69, 9.17) is 19.3 Å². The zero-order valence-corrected chi connectivity index (χ0v) is 13.0. The molecule has 22 heavy (non-hydrogen) atoms. The highest BCUT2D eigenvalue weighted by atomic mass is 16.5. The van der Waals surface area contributed by atoms with Gasteiger partial charge in [-0.3, -0.25) is 0 Å². The minimum atomic E-state index is -0.926. The Bertz CT molecular complexity index is 459. The van der Waals surface area contributed by atoms with Gasteiger partial charge in [-0.1, -0.05) is 6.92 Å². The number of benzene rings is 1. The fourth-order valence-corrected chi connectivity index (χ4v) is 2.26. The maximum atomic E-state index is 10.7. The molecule has 5 heteroatoms. The van der Waals surface area contributed by atoms with Gasteiger partial charge in [0.05, 0.1) is 32.0 Å². The minimum absolute atomic E-state index is 0.252. The van der Waals surface area contributed by atoms with Crippen molar-refractivity contribution >= 4 is 5.97 Å². The van der Waals surface area contributed by atoms with Crippen LogP contribution in [0.15, 0.2) is 24.3 Å². The Labute approximate surface area is 131 Å². The summed E-state index contributed by atoms with van der Waals surface area (Å²) in [6, 6.07) is 6.46. The molecule has 1 N–H and O–H groups in total. The molecule has 0 unspecified atom stereocenters. The first-order valence-corrected chi connectivity index (χ1v) is 7.77. The first-order valence-electron chi connectivity index (χ1n) is 7.77. The molecule has 122 valence electrons. The topological polar surface area (TPSA) is 65.0 Å². The van der Waals surface area contributed by atoms with Gasteiger partial charge >= 0.3 is 5.97 Å². The Morgan fingerprint density at radius 3 is 2.45 bits per heavy atom. The predicted octanol–water partition coefficient (Wildman–Crippen LogP) is 2.99. The average Bonchev–Trinajstić information content (AvgIpc) is 2.49. The van der Waals surface area contributed by atoms with Crippen LogP contribution in [-0.2, 0) is 9.47 Å². The van der Waals surface area contributed by atoms with Gasteiger partial charge in [-0.15, -0.1) is 0 Å². The lowest BCUT2D eigenvalue weighted by Gasteiger charge is -2.40. The lowest BCUT2D eigenvalue weighted by Crippen LogP contribution is -2.45. The molecule has 0 aromatic heterocycles. The summed E-state index contributed by atoms with van der Waals surface area (Å²) in [7, 11) is 0. The van der Waals surface area contributed by atoms with Gasteiger partial charge in [0.1, 0.15) is 5.75 Å². The Hall–Kier alpha value is -1.59. The summed E-state index contributed by atoms with van der Waals surface area (Å²) < 4.78 is 16.6. The van der Waals surface area contributed by atoms with E-state index in [0.717, 1.165) is 45.7 Å². The lowest BCUT2D eigenvalue weighted by molar-refractivity contribution is -0.150. The highest BCUT2D eigenvalue weighted by molar-refractivity contribution is 5.87. The molecule has 1 aliphatic heterocycles. The number of aromatic carboxylic acids is 1. The Kier molecular flexibility index (Phi) is 6.21. The maximum absolute atomic E-state index is 10.7. The SMILES string of the molecule is CCC1(COCCCCOc2ccc(C(=O)O)cc2)COC1. The molecule has 0 atom stereocenters. The standard InChI is InChI=1S/C17H24O5/c1-2-17(12-21-13-17)11-20-9-3-4-10-22-15-7-5-14(6-8-15)16(18)19/h5-8H,2-4,9-13H2,1H3,(H,18,19). The maximum Gasteiger partial charge on any atom is 0.335 e. The number of carboxylic acids is 1. The largest absolute Gasteiger partial charge is 0.494 e. The van der Waals surface area contributed by atoms with Crippen LogP contribution in [0.5, 0.6) is 5.75 Å². The van der Waals surface area contributed by atoms with E-state index in [1.165, 1.54) is 0 Å². The molecule has 0 saturated carbocycles. The van der Waals surface area contributed by atoms with Crippen LogP contribution in [0, 0.1) is 5.41 Å². The van der Waals surface area contributed by atoms with Crippen LogP contribution in [0.25, 0.3) is 0 Å². The summed E-state index contributed by atoms with van der Waals surface area (Å²) in [5.41, 5.74) is 0.521. The van der Waals surface area contributed by atoms with Crippen LogP contribution in [0.4, 0.5) is 0 Å². The molecule has 1 fully saturated rings. The molecule has 0 spiro atoms. The molecule has 5 nitrogen and oxygen atoms in total. The molecule has 0 amide bonds. The first-order chi connectivity index (χ1) is 10.7. The zero-order chi connectivity index (χ0) is 15.8. The molecular formula is C17H24O5. The zero-order valence-electron chi connectivity index (χ0n) is 13.0. The third-order valence-electron chi connectivity index (χ3n) is 4.03. The summed E-state index contributed by atoms with van der Waals surface area (Å²) in [4.78, 5) is 10.7. The van der Waals surface area contributed by atoms with E-state index >= 15 is 0 Å². The Balaban J connectivity index is 1.53. The summed E-state index contributed by atoms with van der Waals surface area (Å²) in [5.74, 6) is -0.229. The van der Waals surface area contributed by atoms with Crippen molar-refractivity contribution in [3.63, 3.8) is 0 Å². The van der Waals surface area contributed by atoms with E-state index < -0.39 is 5.97 Å². The Morgan fingerprint density at radius 2 is 1.91 bits per heavy atom. The number of carbonyl (C=O) groups is 1. The first kappa shape index (κ1) is 16.8. The van der Waals surface area contributed by atoms with Crippen LogP contribution < -0.4 is 4.74 Å². The average molecular weight is 308 g/mol. The van der Waals surface area contributed by atoms with Crippen molar-refractivity contribution in [2.45, 2.75) is 26.2 Å². The quantitative estimate of drug-likeness (QED) is 0.673. The monoisotopic (exact) mass is 308 g/mol. The highest BCUT2D eigenvalue weighted by Crippen LogP contribution is 2.31. The van der Waals surface area contributed by atoms with Gasteiger partial charge in [0.2, 0.25) is 0 Å². The summed E-state index contributed by atoms with van der Waals surface area (Å²) in [6.07, 6.45) is 2.96. The smallest absolute Gasteiger partial charge is 0.335 e. The number of ether oxygens (including phenoxy) is 3. The van der Waals surface area contributed by atoms with E-state index in [1.807, 2.05) is 0 Å². The molecule has 2 rings (SSSR count). The number of unbranched alkanes of at least 4 members (excludes halogenated alkanes) is 1. The van der Waals surface area contributed by atoms with Crippen LogP contribution in [0.2, 0.25) is 0 Å². The second-order valence-corrected chi connectivity index (χ2v) is 5.78. The highest BCUT2D eigenvalue weighted by Gasteiger charge is 2.36. The van der Waals surface area contributed by atoms with Crippen LogP contribution in [-0.4, -0.2) is 44.1 Å². The van der Waals surface area contributed by atoms with Gasteiger partial charge in [0, 0.05) is 12.0 Å². The van der Waals surface area contributed by atoms with E-state index in [2.05, 4.69) is 6.92 Å². The van der Waals surface area contributed by atoms with E-state index in [-0.39, 0.29) is 11.0 Å². The molecule has 0 radical (unpaired) electrons. The molecule has 1 saturated heterocycles. The summed E-state index contributed by atoms with van der Waals surface area (Å²) >= 11 is 0. The van der Waals surface area contributed by atoms with Gasteiger partial charge in [-0.2, -0.15) is 0 Å². The molecule has 1 heterocycles. The van der Waals surface area contributed by atoms with Crippen molar-refractivity contribution in [3.05, 3.63) is 29.8 Å². The third-order valence-corrected chi connectivity index (χ3v) is 4.03. The van der Waals surface area contributed by atoms with E-state index in [9.17, 15) is 4.79 Å². The van der Waals surface area contributed by atoms with Gasteiger partial charge in [0.25, 0.3) is 0 Å². The summed E-state index contributed by atoms with van der Waals surface area (Å²) in [6.45, 7) is 5.94. The number of hydrogen-bond acceptors (Lipinski definition) is 4. The van der Waals surface area contributed by atoms with Crippen LogP contribution in [0.1, 0.15) is 36.5 Å². The second-order valence-electron chi connectivity index (χ2n) is 5.78. The van der Waals surface area contributed by atoms with E-state index in [0.29, 0.717) is 12.4 Å². The van der Waals surface area contributed by atoms with Gasteiger partial charge in [-0.25, -0.2) is 4.79 Å². The third kappa shape index (κ3) is 4.71. The molecule has 1 aromatic carbocycles. The minimum Gasteiger partial charge on any atom is -0.494 e. The predicted molar refractivity (Wildman–Crippen MR) is 82.5 cm³/mol. The normalized spacial score (nSPS) is 16.0.